The normalized spacial score (nSPS) is 13.3. The van der Waals surface area contributed by atoms with Gasteiger partial charge in [0.25, 0.3) is 5.91 Å². The summed E-state index contributed by atoms with van der Waals surface area (Å²) in [5.41, 5.74) is 0. The quantitative estimate of drug-likeness (QED) is 0.800. The average molecular weight is 283 g/mol. The van der Waals surface area contributed by atoms with Gasteiger partial charge >= 0.3 is 5.97 Å². The molecular formula is C14H18FNO4. The zero-order chi connectivity index (χ0) is 15.1. The molecule has 20 heavy (non-hydrogen) atoms. The summed E-state index contributed by atoms with van der Waals surface area (Å²) in [6, 6.07) is 4.43. The molecule has 0 aliphatic heterocycles. The fourth-order valence-electron chi connectivity index (χ4n) is 1.60. The lowest BCUT2D eigenvalue weighted by molar-refractivity contribution is -0.143. The van der Waals surface area contributed by atoms with Crippen LogP contribution in [0.1, 0.15) is 20.3 Å². The van der Waals surface area contributed by atoms with Crippen LogP contribution in [0.2, 0.25) is 0 Å². The summed E-state index contributed by atoms with van der Waals surface area (Å²) >= 11 is 0. The van der Waals surface area contributed by atoms with Gasteiger partial charge in [0.1, 0.15) is 17.6 Å². The molecule has 110 valence electrons. The van der Waals surface area contributed by atoms with E-state index in [2.05, 4.69) is 5.32 Å². The Bertz CT molecular complexity index is 478. The van der Waals surface area contributed by atoms with Gasteiger partial charge < -0.3 is 15.2 Å². The summed E-state index contributed by atoms with van der Waals surface area (Å²) in [6.07, 6.45) is 0.627. The van der Waals surface area contributed by atoms with Crippen molar-refractivity contribution in [1.82, 2.24) is 5.32 Å². The van der Waals surface area contributed by atoms with E-state index in [-0.39, 0.29) is 18.3 Å². The molecule has 1 aromatic carbocycles. The Kier molecular flexibility index (Phi) is 5.96. The lowest BCUT2D eigenvalue weighted by Gasteiger charge is -2.20. The first kappa shape index (κ1) is 15.9. The number of hydrogen-bond acceptors (Lipinski definition) is 3. The van der Waals surface area contributed by atoms with E-state index in [0.29, 0.717) is 6.42 Å². The monoisotopic (exact) mass is 283 g/mol. The zero-order valence-electron chi connectivity index (χ0n) is 11.4. The van der Waals surface area contributed by atoms with Crippen LogP contribution >= 0.6 is 0 Å². The summed E-state index contributed by atoms with van der Waals surface area (Å²) in [5.74, 6) is -2.08. The molecule has 1 aromatic rings. The zero-order valence-corrected chi connectivity index (χ0v) is 11.4. The topological polar surface area (TPSA) is 75.6 Å². The van der Waals surface area contributed by atoms with Crippen LogP contribution in [-0.2, 0) is 9.59 Å². The van der Waals surface area contributed by atoms with Crippen LogP contribution in [0.4, 0.5) is 4.39 Å². The van der Waals surface area contributed by atoms with Crippen LogP contribution in [0.5, 0.6) is 5.75 Å². The van der Waals surface area contributed by atoms with E-state index in [0.717, 1.165) is 6.07 Å². The number of halogens is 1. The number of benzene rings is 1. The van der Waals surface area contributed by atoms with Crippen LogP contribution in [0.15, 0.2) is 24.3 Å². The second-order valence-electron chi connectivity index (χ2n) is 4.52. The molecule has 0 aliphatic rings. The van der Waals surface area contributed by atoms with Gasteiger partial charge in [-0.1, -0.05) is 26.3 Å². The number of carboxylic acid groups (broad SMARTS) is 1. The van der Waals surface area contributed by atoms with Gasteiger partial charge in [-0.3, -0.25) is 4.79 Å². The average Bonchev–Trinajstić information content (AvgIpc) is 2.41. The molecule has 1 rings (SSSR count). The molecule has 0 fully saturated rings. The lowest BCUT2D eigenvalue weighted by atomic mass is 9.99. The number of amides is 1. The molecule has 0 aliphatic carbocycles. The van der Waals surface area contributed by atoms with Gasteiger partial charge in [-0.05, 0) is 18.1 Å². The van der Waals surface area contributed by atoms with Gasteiger partial charge in [-0.15, -0.1) is 0 Å². The second-order valence-corrected chi connectivity index (χ2v) is 4.52. The number of rotatable bonds is 7. The molecule has 2 atom stereocenters. The van der Waals surface area contributed by atoms with Crippen molar-refractivity contribution in [3.8, 4) is 5.75 Å². The highest BCUT2D eigenvalue weighted by Gasteiger charge is 2.25. The van der Waals surface area contributed by atoms with Crippen molar-refractivity contribution >= 4 is 11.9 Å². The van der Waals surface area contributed by atoms with Crippen LogP contribution in [0.25, 0.3) is 0 Å². The Labute approximate surface area is 116 Å². The Balaban J connectivity index is 2.52. The Morgan fingerprint density at radius 3 is 2.70 bits per heavy atom. The predicted octanol–water partition coefficient (Wildman–Crippen LogP) is 1.82. The minimum Gasteiger partial charge on any atom is -0.484 e. The van der Waals surface area contributed by atoms with Gasteiger partial charge in [0.2, 0.25) is 0 Å². The maximum atomic E-state index is 12.9. The fourth-order valence-corrected chi connectivity index (χ4v) is 1.60. The summed E-state index contributed by atoms with van der Waals surface area (Å²) in [6.45, 7) is 3.23. The number of carbonyl (C=O) groups is 2. The number of ether oxygens (including phenoxy) is 1. The molecule has 6 heteroatoms. The SMILES string of the molecule is CCC(C)[C@H](NC(=O)COc1cccc(F)c1)C(=O)O. The largest absolute Gasteiger partial charge is 0.484 e. The minimum atomic E-state index is -1.08. The first-order valence-corrected chi connectivity index (χ1v) is 6.34. The van der Waals surface area contributed by atoms with E-state index in [4.69, 9.17) is 9.84 Å². The Morgan fingerprint density at radius 1 is 1.45 bits per heavy atom. The maximum absolute atomic E-state index is 12.9. The number of hydrogen-bond donors (Lipinski definition) is 2. The third-order valence-electron chi connectivity index (χ3n) is 2.96. The van der Waals surface area contributed by atoms with Gasteiger partial charge in [-0.2, -0.15) is 0 Å². The third-order valence-corrected chi connectivity index (χ3v) is 2.96. The molecule has 0 heterocycles. The van der Waals surface area contributed by atoms with Crippen molar-refractivity contribution in [2.24, 2.45) is 5.92 Å². The highest BCUT2D eigenvalue weighted by atomic mass is 19.1. The highest BCUT2D eigenvalue weighted by molar-refractivity contribution is 5.84. The Hall–Kier alpha value is -2.11. The fraction of sp³-hybridized carbons (Fsp3) is 0.429. The van der Waals surface area contributed by atoms with Gasteiger partial charge in [0.15, 0.2) is 6.61 Å². The van der Waals surface area contributed by atoms with Crippen molar-refractivity contribution in [1.29, 1.82) is 0 Å². The van der Waals surface area contributed by atoms with Crippen LogP contribution in [-0.4, -0.2) is 29.6 Å². The van der Waals surface area contributed by atoms with E-state index in [1.165, 1.54) is 18.2 Å². The summed E-state index contributed by atoms with van der Waals surface area (Å²) in [7, 11) is 0. The molecule has 0 radical (unpaired) electrons. The van der Waals surface area contributed by atoms with E-state index in [1.54, 1.807) is 6.92 Å². The van der Waals surface area contributed by atoms with Crippen LogP contribution in [0.3, 0.4) is 0 Å². The molecule has 0 spiro atoms. The standard InChI is InChI=1S/C14H18FNO4/c1-3-9(2)13(14(18)19)16-12(17)8-20-11-6-4-5-10(15)7-11/h4-7,9,13H,3,8H2,1-2H3,(H,16,17)(H,18,19)/t9?,13-/m0/s1. The molecule has 0 bridgehead atoms. The van der Waals surface area contributed by atoms with E-state index in [1.807, 2.05) is 6.92 Å². The molecule has 0 saturated heterocycles. The van der Waals surface area contributed by atoms with Crippen molar-refractivity contribution in [3.05, 3.63) is 30.1 Å². The van der Waals surface area contributed by atoms with E-state index >= 15 is 0 Å². The number of nitrogens with one attached hydrogen (secondary N) is 1. The van der Waals surface area contributed by atoms with Crippen LogP contribution < -0.4 is 10.1 Å². The van der Waals surface area contributed by atoms with Crippen LogP contribution in [0, 0.1) is 11.7 Å². The Morgan fingerprint density at radius 2 is 2.15 bits per heavy atom. The van der Waals surface area contributed by atoms with Crippen molar-refractivity contribution in [2.45, 2.75) is 26.3 Å². The summed E-state index contributed by atoms with van der Waals surface area (Å²) in [4.78, 5) is 22.7. The molecule has 1 unspecified atom stereocenters. The maximum Gasteiger partial charge on any atom is 0.326 e. The molecule has 0 saturated carbocycles. The predicted molar refractivity (Wildman–Crippen MR) is 70.9 cm³/mol. The lowest BCUT2D eigenvalue weighted by Crippen LogP contribution is -2.46. The molecule has 0 aromatic heterocycles. The van der Waals surface area contributed by atoms with Crippen molar-refractivity contribution < 1.29 is 23.8 Å². The smallest absolute Gasteiger partial charge is 0.326 e. The first-order valence-electron chi connectivity index (χ1n) is 6.34. The number of carboxylic acids is 1. The van der Waals surface area contributed by atoms with Gasteiger partial charge in [-0.25, -0.2) is 9.18 Å². The van der Waals surface area contributed by atoms with E-state index in [9.17, 15) is 14.0 Å². The number of carbonyl (C=O) groups excluding carboxylic acids is 1. The minimum absolute atomic E-state index is 0.189. The second kappa shape index (κ2) is 7.47. The molecule has 5 nitrogen and oxygen atoms in total. The summed E-state index contributed by atoms with van der Waals surface area (Å²) < 4.78 is 18.0. The first-order chi connectivity index (χ1) is 9.43. The van der Waals surface area contributed by atoms with Crippen molar-refractivity contribution in [3.63, 3.8) is 0 Å². The summed E-state index contributed by atoms with van der Waals surface area (Å²) in [5, 5.41) is 11.4. The van der Waals surface area contributed by atoms with Crippen molar-refractivity contribution in [2.75, 3.05) is 6.61 Å². The third kappa shape index (κ3) is 4.87. The van der Waals surface area contributed by atoms with Gasteiger partial charge in [0.05, 0.1) is 0 Å². The molecular weight excluding hydrogens is 265 g/mol. The highest BCUT2D eigenvalue weighted by Crippen LogP contribution is 2.12. The number of aliphatic carboxylic acids is 1. The molecule has 2 N–H and O–H groups in total. The van der Waals surface area contributed by atoms with E-state index < -0.39 is 23.7 Å². The van der Waals surface area contributed by atoms with Gasteiger partial charge in [0, 0.05) is 6.07 Å². The molecule has 1 amide bonds.